The van der Waals surface area contributed by atoms with E-state index in [1.54, 1.807) is 0 Å². The van der Waals surface area contributed by atoms with Gasteiger partial charge in [0.1, 0.15) is 0 Å². The molecule has 0 amide bonds. The predicted molar refractivity (Wildman–Crippen MR) is 72.7 cm³/mol. The summed E-state index contributed by atoms with van der Waals surface area (Å²) >= 11 is 6.08. The highest BCUT2D eigenvalue weighted by Crippen LogP contribution is 2.28. The molecule has 100 valence electrons. The fourth-order valence-corrected chi connectivity index (χ4v) is 3.79. The fraction of sp³-hybridized carbons (Fsp3) is 1.00. The molecule has 0 saturated heterocycles. The van der Waals surface area contributed by atoms with Gasteiger partial charge in [-0.3, -0.25) is 0 Å². The van der Waals surface area contributed by atoms with Gasteiger partial charge in [0.15, 0.2) is 0 Å². The van der Waals surface area contributed by atoms with Crippen LogP contribution in [0.25, 0.3) is 0 Å². The lowest BCUT2D eigenvalue weighted by atomic mass is 9.84. The molecule has 2 rings (SSSR count). The Labute approximate surface area is 110 Å². The summed E-state index contributed by atoms with van der Waals surface area (Å²) in [6.45, 7) is 0. The number of halogens is 1. The average Bonchev–Trinajstić information content (AvgIpc) is 2.39. The topological polar surface area (TPSA) is 21.3 Å². The molecule has 0 aromatic rings. The van der Waals surface area contributed by atoms with Crippen LogP contribution < -0.4 is 5.32 Å². The normalized spacial score (nSPS) is 39.2. The summed E-state index contributed by atoms with van der Waals surface area (Å²) in [7, 11) is 1.84. The smallest absolute Gasteiger partial charge is 0.0586 e. The molecule has 0 aromatic carbocycles. The summed E-state index contributed by atoms with van der Waals surface area (Å²) in [5.41, 5.74) is 0. The maximum atomic E-state index is 6.08. The minimum absolute atomic E-state index is 0.472. The van der Waals surface area contributed by atoms with Crippen LogP contribution in [0.4, 0.5) is 0 Å². The van der Waals surface area contributed by atoms with Gasteiger partial charge in [-0.1, -0.05) is 12.8 Å². The van der Waals surface area contributed by atoms with Gasteiger partial charge >= 0.3 is 0 Å². The summed E-state index contributed by atoms with van der Waals surface area (Å²) in [5.74, 6) is 1.51. The second kappa shape index (κ2) is 6.96. The van der Waals surface area contributed by atoms with E-state index in [1.165, 1.54) is 51.4 Å². The van der Waals surface area contributed by atoms with E-state index in [9.17, 15) is 0 Å². The van der Waals surface area contributed by atoms with E-state index in [-0.39, 0.29) is 0 Å². The summed E-state index contributed by atoms with van der Waals surface area (Å²) in [4.78, 5) is 0. The van der Waals surface area contributed by atoms with E-state index in [1.807, 2.05) is 7.11 Å². The number of hydrogen-bond acceptors (Lipinski definition) is 2. The highest BCUT2D eigenvalue weighted by Gasteiger charge is 2.29. The lowest BCUT2D eigenvalue weighted by Gasteiger charge is -2.37. The van der Waals surface area contributed by atoms with Crippen molar-refractivity contribution in [1.82, 2.24) is 5.32 Å². The number of alkyl halides is 1. The Kier molecular flexibility index (Phi) is 5.58. The first-order chi connectivity index (χ1) is 8.33. The Morgan fingerprint density at radius 3 is 2.71 bits per heavy atom. The van der Waals surface area contributed by atoms with E-state index in [0.29, 0.717) is 24.1 Å². The maximum absolute atomic E-state index is 6.08. The molecule has 3 heteroatoms. The Balaban J connectivity index is 1.81. The molecule has 0 bridgehead atoms. The predicted octanol–water partition coefficient (Wildman–Crippen LogP) is 3.33. The van der Waals surface area contributed by atoms with Crippen LogP contribution in [-0.2, 0) is 4.74 Å². The quantitative estimate of drug-likeness (QED) is 0.782. The average molecular weight is 260 g/mol. The van der Waals surface area contributed by atoms with Crippen LogP contribution in [-0.4, -0.2) is 31.2 Å². The molecular weight excluding hydrogens is 234 g/mol. The highest BCUT2D eigenvalue weighted by molar-refractivity contribution is 6.18. The summed E-state index contributed by atoms with van der Waals surface area (Å²) in [6, 6.07) is 1.31. The van der Waals surface area contributed by atoms with Crippen molar-refractivity contribution in [3.8, 4) is 0 Å². The van der Waals surface area contributed by atoms with E-state index >= 15 is 0 Å². The number of rotatable bonds is 4. The van der Waals surface area contributed by atoms with Gasteiger partial charge in [-0.25, -0.2) is 0 Å². The molecule has 4 atom stereocenters. The van der Waals surface area contributed by atoms with Crippen LogP contribution in [0, 0.1) is 5.92 Å². The molecule has 17 heavy (non-hydrogen) atoms. The zero-order valence-electron chi connectivity index (χ0n) is 11.0. The SMILES string of the molecule is COC1CCCC(NC2CCCCC2CCl)C1. The van der Waals surface area contributed by atoms with Crippen LogP contribution >= 0.6 is 11.6 Å². The molecule has 1 N–H and O–H groups in total. The lowest BCUT2D eigenvalue weighted by Crippen LogP contribution is -2.47. The van der Waals surface area contributed by atoms with Crippen LogP contribution in [0.15, 0.2) is 0 Å². The number of nitrogens with one attached hydrogen (secondary N) is 1. The lowest BCUT2D eigenvalue weighted by molar-refractivity contribution is 0.0541. The molecule has 2 nitrogen and oxygen atoms in total. The van der Waals surface area contributed by atoms with Gasteiger partial charge in [0.05, 0.1) is 6.10 Å². The van der Waals surface area contributed by atoms with E-state index in [2.05, 4.69) is 5.32 Å². The van der Waals surface area contributed by atoms with Crippen LogP contribution in [0.1, 0.15) is 51.4 Å². The van der Waals surface area contributed by atoms with Gasteiger partial charge in [-0.15, -0.1) is 11.6 Å². The Morgan fingerprint density at radius 2 is 1.94 bits per heavy atom. The largest absolute Gasteiger partial charge is 0.381 e. The standard InChI is InChI=1S/C14H26ClNO/c1-17-13-7-4-6-12(9-13)16-14-8-3-2-5-11(14)10-15/h11-14,16H,2-10H2,1H3. The van der Waals surface area contributed by atoms with Gasteiger partial charge in [0, 0.05) is 25.1 Å². The Bertz CT molecular complexity index is 224. The summed E-state index contributed by atoms with van der Waals surface area (Å²) in [5, 5.41) is 3.86. The van der Waals surface area contributed by atoms with Crippen molar-refractivity contribution in [3.05, 3.63) is 0 Å². The van der Waals surface area contributed by atoms with Crippen molar-refractivity contribution in [1.29, 1.82) is 0 Å². The third-order valence-electron chi connectivity index (χ3n) is 4.52. The van der Waals surface area contributed by atoms with E-state index < -0.39 is 0 Å². The first-order valence-electron chi connectivity index (χ1n) is 7.18. The number of methoxy groups -OCH3 is 1. The Hall–Kier alpha value is 0.210. The molecular formula is C14H26ClNO. The number of ether oxygens (including phenoxy) is 1. The summed E-state index contributed by atoms with van der Waals surface area (Å²) < 4.78 is 5.50. The molecule has 0 radical (unpaired) electrons. The number of hydrogen-bond donors (Lipinski definition) is 1. The third-order valence-corrected chi connectivity index (χ3v) is 4.91. The van der Waals surface area contributed by atoms with Gasteiger partial charge in [0.25, 0.3) is 0 Å². The zero-order chi connectivity index (χ0) is 12.1. The molecule has 0 aromatic heterocycles. The van der Waals surface area contributed by atoms with Gasteiger partial charge < -0.3 is 10.1 Å². The van der Waals surface area contributed by atoms with E-state index in [4.69, 9.17) is 16.3 Å². The van der Waals surface area contributed by atoms with Crippen LogP contribution in [0.3, 0.4) is 0 Å². The minimum atomic E-state index is 0.472. The van der Waals surface area contributed by atoms with Gasteiger partial charge in [0.2, 0.25) is 0 Å². The second-order valence-electron chi connectivity index (χ2n) is 5.69. The summed E-state index contributed by atoms with van der Waals surface area (Å²) in [6.07, 6.45) is 10.8. The van der Waals surface area contributed by atoms with E-state index in [0.717, 1.165) is 5.88 Å². The molecule has 2 fully saturated rings. The monoisotopic (exact) mass is 259 g/mol. The zero-order valence-corrected chi connectivity index (χ0v) is 11.7. The van der Waals surface area contributed by atoms with Gasteiger partial charge in [-0.05, 0) is 44.4 Å². The molecule has 0 spiro atoms. The van der Waals surface area contributed by atoms with Crippen LogP contribution in [0.5, 0.6) is 0 Å². The van der Waals surface area contributed by atoms with Crippen molar-refractivity contribution in [2.45, 2.75) is 69.6 Å². The fourth-order valence-electron chi connectivity index (χ4n) is 3.42. The van der Waals surface area contributed by atoms with Crippen molar-refractivity contribution in [2.75, 3.05) is 13.0 Å². The molecule has 0 aliphatic heterocycles. The first kappa shape index (κ1) is 13.6. The van der Waals surface area contributed by atoms with Gasteiger partial charge in [-0.2, -0.15) is 0 Å². The van der Waals surface area contributed by atoms with Crippen molar-refractivity contribution < 1.29 is 4.74 Å². The van der Waals surface area contributed by atoms with Crippen molar-refractivity contribution in [3.63, 3.8) is 0 Å². The highest BCUT2D eigenvalue weighted by atomic mass is 35.5. The molecule has 4 unspecified atom stereocenters. The molecule has 0 heterocycles. The molecule has 2 aliphatic rings. The minimum Gasteiger partial charge on any atom is -0.381 e. The molecule has 2 aliphatic carbocycles. The Morgan fingerprint density at radius 1 is 1.12 bits per heavy atom. The second-order valence-corrected chi connectivity index (χ2v) is 6.00. The third kappa shape index (κ3) is 3.84. The molecule has 2 saturated carbocycles. The van der Waals surface area contributed by atoms with Crippen LogP contribution in [0.2, 0.25) is 0 Å². The first-order valence-corrected chi connectivity index (χ1v) is 7.71. The van der Waals surface area contributed by atoms with Crippen molar-refractivity contribution >= 4 is 11.6 Å². The van der Waals surface area contributed by atoms with Crippen molar-refractivity contribution in [2.24, 2.45) is 5.92 Å². The maximum Gasteiger partial charge on any atom is 0.0586 e.